The number of rotatable bonds is 3. The van der Waals surface area contributed by atoms with E-state index in [2.05, 4.69) is 0 Å². The predicted molar refractivity (Wildman–Crippen MR) is 114 cm³/mol. The van der Waals surface area contributed by atoms with Crippen LogP contribution in [0.5, 0.6) is 0 Å². The van der Waals surface area contributed by atoms with Crippen LogP contribution in [-0.2, 0) is 19.6 Å². The zero-order chi connectivity index (χ0) is 21.3. The number of carbonyl (C=O) groups excluding carboxylic acids is 2. The van der Waals surface area contributed by atoms with Gasteiger partial charge in [0, 0.05) is 52.1 Å². The van der Waals surface area contributed by atoms with Gasteiger partial charge in [-0.2, -0.15) is 4.31 Å². The summed E-state index contributed by atoms with van der Waals surface area (Å²) in [6.07, 6.45) is 1.05. The summed E-state index contributed by atoms with van der Waals surface area (Å²) < 4.78 is 27.7. The lowest BCUT2D eigenvalue weighted by Crippen LogP contribution is -2.52. The molecule has 2 saturated heterocycles. The zero-order valence-electron chi connectivity index (χ0n) is 17.2. The first-order chi connectivity index (χ1) is 14.4. The molecule has 0 spiro atoms. The van der Waals surface area contributed by atoms with Gasteiger partial charge in [0.05, 0.1) is 4.90 Å². The van der Waals surface area contributed by atoms with E-state index in [4.69, 9.17) is 0 Å². The molecule has 0 N–H and O–H groups in total. The SMILES string of the molecule is CC(=O)N1CCN(C(=O)C2CCN(S(=O)(=O)c3ccc4ccccc4c3)CC2)CC1. The Morgan fingerprint density at radius 2 is 1.43 bits per heavy atom. The smallest absolute Gasteiger partial charge is 0.243 e. The van der Waals surface area contributed by atoms with Gasteiger partial charge in [-0.25, -0.2) is 8.42 Å². The lowest BCUT2D eigenvalue weighted by atomic mass is 9.96. The fourth-order valence-electron chi connectivity index (χ4n) is 4.32. The van der Waals surface area contributed by atoms with Crippen LogP contribution in [0.4, 0.5) is 0 Å². The Hall–Kier alpha value is -2.45. The summed E-state index contributed by atoms with van der Waals surface area (Å²) >= 11 is 0. The predicted octanol–water partition coefficient (Wildman–Crippen LogP) is 1.93. The van der Waals surface area contributed by atoms with Crippen LogP contribution < -0.4 is 0 Å². The Kier molecular flexibility index (Phi) is 5.79. The Labute approximate surface area is 177 Å². The number of piperidine rings is 1. The number of nitrogens with zero attached hydrogens (tertiary/aromatic N) is 3. The number of sulfonamides is 1. The third-order valence-corrected chi connectivity index (χ3v) is 8.09. The number of amides is 2. The van der Waals surface area contributed by atoms with E-state index in [0.29, 0.717) is 57.0 Å². The van der Waals surface area contributed by atoms with Gasteiger partial charge in [-0.1, -0.05) is 30.3 Å². The van der Waals surface area contributed by atoms with Crippen molar-refractivity contribution in [3.05, 3.63) is 42.5 Å². The zero-order valence-corrected chi connectivity index (χ0v) is 18.0. The van der Waals surface area contributed by atoms with Crippen molar-refractivity contribution in [2.24, 2.45) is 5.92 Å². The summed E-state index contributed by atoms with van der Waals surface area (Å²) in [4.78, 5) is 28.2. The van der Waals surface area contributed by atoms with Gasteiger partial charge in [-0.05, 0) is 35.7 Å². The number of piperazine rings is 1. The molecule has 0 unspecified atom stereocenters. The summed E-state index contributed by atoms with van der Waals surface area (Å²) in [5.41, 5.74) is 0. The molecule has 30 heavy (non-hydrogen) atoms. The fourth-order valence-corrected chi connectivity index (χ4v) is 5.83. The molecule has 0 bridgehead atoms. The van der Waals surface area contributed by atoms with Crippen LogP contribution in [0.3, 0.4) is 0 Å². The van der Waals surface area contributed by atoms with Crippen molar-refractivity contribution in [2.75, 3.05) is 39.3 Å². The van der Waals surface area contributed by atoms with E-state index in [9.17, 15) is 18.0 Å². The van der Waals surface area contributed by atoms with E-state index in [1.807, 2.05) is 35.2 Å². The molecule has 2 heterocycles. The second-order valence-corrected chi connectivity index (χ2v) is 9.96. The molecule has 0 radical (unpaired) electrons. The number of fused-ring (bicyclic) bond motifs is 1. The summed E-state index contributed by atoms with van der Waals surface area (Å²) in [5, 5.41) is 1.90. The summed E-state index contributed by atoms with van der Waals surface area (Å²) in [6.45, 7) is 4.47. The van der Waals surface area contributed by atoms with Gasteiger partial charge in [0.15, 0.2) is 0 Å². The molecule has 0 saturated carbocycles. The number of benzene rings is 2. The molecule has 8 heteroatoms. The van der Waals surface area contributed by atoms with Crippen molar-refractivity contribution in [1.29, 1.82) is 0 Å². The minimum absolute atomic E-state index is 0.0364. The van der Waals surface area contributed by atoms with Crippen molar-refractivity contribution < 1.29 is 18.0 Å². The van der Waals surface area contributed by atoms with Crippen molar-refractivity contribution in [2.45, 2.75) is 24.7 Å². The van der Waals surface area contributed by atoms with Crippen molar-refractivity contribution >= 4 is 32.6 Å². The number of hydrogen-bond donors (Lipinski definition) is 0. The Morgan fingerprint density at radius 3 is 2.07 bits per heavy atom. The molecule has 0 aromatic heterocycles. The molecule has 4 rings (SSSR count). The molecular weight excluding hydrogens is 402 g/mol. The molecule has 2 aliphatic heterocycles. The van der Waals surface area contributed by atoms with Crippen LogP contribution in [-0.4, -0.2) is 73.6 Å². The third kappa shape index (κ3) is 4.06. The van der Waals surface area contributed by atoms with Crippen molar-refractivity contribution in [3.63, 3.8) is 0 Å². The monoisotopic (exact) mass is 429 g/mol. The molecule has 2 aliphatic rings. The van der Waals surface area contributed by atoms with Gasteiger partial charge in [0.1, 0.15) is 0 Å². The van der Waals surface area contributed by atoms with Crippen LogP contribution in [0.15, 0.2) is 47.4 Å². The average Bonchev–Trinajstić information content (AvgIpc) is 2.78. The molecule has 2 amide bonds. The highest BCUT2D eigenvalue weighted by atomic mass is 32.2. The van der Waals surface area contributed by atoms with Gasteiger partial charge in [0.25, 0.3) is 0 Å². The Bertz CT molecular complexity index is 1050. The van der Waals surface area contributed by atoms with Crippen molar-refractivity contribution in [3.8, 4) is 0 Å². The van der Waals surface area contributed by atoms with Crippen LogP contribution in [0.2, 0.25) is 0 Å². The molecule has 2 aromatic carbocycles. The summed E-state index contributed by atoms with van der Waals surface area (Å²) in [6, 6.07) is 12.9. The normalized spacial score (nSPS) is 19.2. The Balaban J connectivity index is 1.38. The molecular formula is C22H27N3O4S. The maximum atomic E-state index is 13.1. The molecule has 2 fully saturated rings. The topological polar surface area (TPSA) is 78.0 Å². The van der Waals surface area contributed by atoms with Crippen LogP contribution in [0.1, 0.15) is 19.8 Å². The first kappa shape index (κ1) is 20.8. The second kappa shape index (κ2) is 8.35. The summed E-state index contributed by atoms with van der Waals surface area (Å²) in [7, 11) is -3.58. The lowest BCUT2D eigenvalue weighted by molar-refractivity contribution is -0.142. The van der Waals surface area contributed by atoms with E-state index in [-0.39, 0.29) is 17.7 Å². The standard InChI is InChI=1S/C22H27N3O4S/c1-17(26)23-12-14-24(15-13-23)22(27)19-8-10-25(11-9-19)30(28,29)21-7-6-18-4-2-3-5-20(18)16-21/h2-7,16,19H,8-15H2,1H3. The molecule has 160 valence electrons. The minimum Gasteiger partial charge on any atom is -0.339 e. The van der Waals surface area contributed by atoms with Gasteiger partial charge >= 0.3 is 0 Å². The molecule has 2 aromatic rings. The third-order valence-electron chi connectivity index (χ3n) is 6.20. The van der Waals surface area contributed by atoms with Crippen LogP contribution in [0.25, 0.3) is 10.8 Å². The molecule has 0 atom stereocenters. The van der Waals surface area contributed by atoms with Crippen LogP contribution >= 0.6 is 0 Å². The lowest BCUT2D eigenvalue weighted by Gasteiger charge is -2.38. The average molecular weight is 430 g/mol. The Morgan fingerprint density at radius 1 is 0.833 bits per heavy atom. The van der Waals surface area contributed by atoms with E-state index < -0.39 is 10.0 Å². The summed E-state index contributed by atoms with van der Waals surface area (Å²) in [5.74, 6) is -0.0350. The largest absolute Gasteiger partial charge is 0.339 e. The van der Waals surface area contributed by atoms with Crippen LogP contribution in [0, 0.1) is 5.92 Å². The van der Waals surface area contributed by atoms with E-state index >= 15 is 0 Å². The van der Waals surface area contributed by atoms with Gasteiger partial charge in [-0.3, -0.25) is 9.59 Å². The molecule has 0 aliphatic carbocycles. The van der Waals surface area contributed by atoms with Gasteiger partial charge in [0.2, 0.25) is 21.8 Å². The minimum atomic E-state index is -3.58. The second-order valence-electron chi connectivity index (χ2n) is 8.02. The van der Waals surface area contributed by atoms with Gasteiger partial charge in [-0.15, -0.1) is 0 Å². The van der Waals surface area contributed by atoms with E-state index in [0.717, 1.165) is 10.8 Å². The van der Waals surface area contributed by atoms with E-state index in [1.165, 1.54) is 4.31 Å². The first-order valence-corrected chi connectivity index (χ1v) is 11.8. The highest BCUT2D eigenvalue weighted by Gasteiger charge is 2.34. The quantitative estimate of drug-likeness (QED) is 0.747. The molecule has 7 nitrogen and oxygen atoms in total. The van der Waals surface area contributed by atoms with Gasteiger partial charge < -0.3 is 9.80 Å². The van der Waals surface area contributed by atoms with E-state index in [1.54, 1.807) is 24.0 Å². The first-order valence-electron chi connectivity index (χ1n) is 10.4. The van der Waals surface area contributed by atoms with Crippen molar-refractivity contribution in [1.82, 2.24) is 14.1 Å². The number of hydrogen-bond acceptors (Lipinski definition) is 4. The maximum Gasteiger partial charge on any atom is 0.243 e. The maximum absolute atomic E-state index is 13.1. The fraction of sp³-hybridized carbons (Fsp3) is 0.455. The highest BCUT2D eigenvalue weighted by molar-refractivity contribution is 7.89. The number of carbonyl (C=O) groups is 2. The highest BCUT2D eigenvalue weighted by Crippen LogP contribution is 2.27.